The van der Waals surface area contributed by atoms with Crippen LogP contribution in [0.5, 0.6) is 0 Å². The largest absolute Gasteiger partial charge is 0.316 e. The molecular weight excluding hydrogens is 142 g/mol. The zero-order valence-electron chi connectivity index (χ0n) is 7.28. The Morgan fingerprint density at radius 1 is 1.20 bits per heavy atom. The average molecular weight is 161 g/mol. The van der Waals surface area contributed by atoms with Crippen LogP contribution in [0.15, 0.2) is 0 Å². The van der Waals surface area contributed by atoms with Gasteiger partial charge in [0.15, 0.2) is 0 Å². The van der Waals surface area contributed by atoms with Crippen LogP contribution in [0.2, 0.25) is 0 Å². The molecule has 0 aliphatic heterocycles. The van der Waals surface area contributed by atoms with Crippen molar-refractivity contribution < 1.29 is 0 Å². The fourth-order valence-corrected chi connectivity index (χ4v) is 0.826. The lowest BCUT2D eigenvalue weighted by molar-refractivity contribution is 0.369. The molecule has 1 nitrogen and oxygen atoms in total. The second kappa shape index (κ2) is 5.03. The molecule has 0 radical (unpaired) electrons. The van der Waals surface area contributed by atoms with Crippen LogP contribution in [0.25, 0.3) is 0 Å². The molecule has 10 heavy (non-hydrogen) atoms. The van der Waals surface area contributed by atoms with Crippen LogP contribution >= 0.6 is 12.6 Å². The maximum absolute atomic E-state index is 4.10. The second-order valence-electron chi connectivity index (χ2n) is 3.78. The summed E-state index contributed by atoms with van der Waals surface area (Å²) in [5.41, 5.74) is 0.462. The molecular formula is C8H19NS. The van der Waals surface area contributed by atoms with Gasteiger partial charge in [-0.2, -0.15) is 12.6 Å². The molecule has 0 bridgehead atoms. The summed E-state index contributed by atoms with van der Waals surface area (Å²) in [5, 5.41) is 3.32. The summed E-state index contributed by atoms with van der Waals surface area (Å²) in [5.74, 6) is 0.935. The third kappa shape index (κ3) is 8.31. The molecule has 0 aromatic carbocycles. The topological polar surface area (TPSA) is 12.0 Å². The van der Waals surface area contributed by atoms with Crippen LogP contribution in [0.1, 0.15) is 27.2 Å². The van der Waals surface area contributed by atoms with E-state index in [4.69, 9.17) is 0 Å². The lowest BCUT2D eigenvalue weighted by Crippen LogP contribution is -2.22. The predicted molar refractivity (Wildman–Crippen MR) is 50.8 cm³/mol. The van der Waals surface area contributed by atoms with Crippen LogP contribution in [0.4, 0.5) is 0 Å². The van der Waals surface area contributed by atoms with E-state index in [1.165, 1.54) is 6.42 Å². The average Bonchev–Trinajstić information content (AvgIpc) is 1.78. The van der Waals surface area contributed by atoms with Crippen molar-refractivity contribution in [1.82, 2.24) is 5.32 Å². The van der Waals surface area contributed by atoms with Gasteiger partial charge in [0.05, 0.1) is 0 Å². The molecule has 0 heterocycles. The van der Waals surface area contributed by atoms with Crippen molar-refractivity contribution in [3.05, 3.63) is 0 Å². The standard InChI is InChI=1S/C8H19NS/c1-8(2,3)4-5-9-6-7-10/h9-10H,4-7H2,1-3H3. The number of rotatable bonds is 4. The lowest BCUT2D eigenvalue weighted by Gasteiger charge is -2.17. The minimum absolute atomic E-state index is 0.462. The van der Waals surface area contributed by atoms with Gasteiger partial charge in [-0.15, -0.1) is 0 Å². The highest BCUT2D eigenvalue weighted by atomic mass is 32.1. The van der Waals surface area contributed by atoms with E-state index in [0.717, 1.165) is 18.8 Å². The first-order chi connectivity index (χ1) is 4.56. The molecule has 0 rings (SSSR count). The molecule has 0 unspecified atom stereocenters. The summed E-state index contributed by atoms with van der Waals surface area (Å²) in [4.78, 5) is 0. The molecule has 0 aromatic heterocycles. The molecule has 0 atom stereocenters. The number of hydrogen-bond donors (Lipinski definition) is 2. The summed E-state index contributed by atoms with van der Waals surface area (Å²) in [6, 6.07) is 0. The fourth-order valence-electron chi connectivity index (χ4n) is 0.667. The maximum Gasteiger partial charge on any atom is 0.00397 e. The Hall–Kier alpha value is 0.310. The van der Waals surface area contributed by atoms with Crippen molar-refractivity contribution >= 4 is 12.6 Å². The molecule has 0 saturated carbocycles. The lowest BCUT2D eigenvalue weighted by atomic mass is 9.92. The summed E-state index contributed by atoms with van der Waals surface area (Å²) in [7, 11) is 0. The predicted octanol–water partition coefficient (Wildman–Crippen LogP) is 1.94. The van der Waals surface area contributed by atoms with Crippen molar-refractivity contribution in [3.63, 3.8) is 0 Å². The van der Waals surface area contributed by atoms with E-state index in [9.17, 15) is 0 Å². The highest BCUT2D eigenvalue weighted by molar-refractivity contribution is 7.80. The Morgan fingerprint density at radius 2 is 1.80 bits per heavy atom. The Labute approximate surface area is 70.0 Å². The van der Waals surface area contributed by atoms with Crippen LogP contribution in [-0.2, 0) is 0 Å². The zero-order valence-corrected chi connectivity index (χ0v) is 8.17. The van der Waals surface area contributed by atoms with Crippen LogP contribution in [0, 0.1) is 5.41 Å². The van der Waals surface area contributed by atoms with Gasteiger partial charge in [0, 0.05) is 12.3 Å². The van der Waals surface area contributed by atoms with Crippen molar-refractivity contribution in [2.24, 2.45) is 5.41 Å². The quantitative estimate of drug-likeness (QED) is 0.474. The molecule has 62 valence electrons. The van der Waals surface area contributed by atoms with E-state index < -0.39 is 0 Å². The second-order valence-corrected chi connectivity index (χ2v) is 4.23. The van der Waals surface area contributed by atoms with E-state index in [2.05, 4.69) is 38.7 Å². The van der Waals surface area contributed by atoms with Crippen molar-refractivity contribution in [3.8, 4) is 0 Å². The van der Waals surface area contributed by atoms with E-state index in [1.807, 2.05) is 0 Å². The number of hydrogen-bond acceptors (Lipinski definition) is 2. The van der Waals surface area contributed by atoms with Gasteiger partial charge in [0.2, 0.25) is 0 Å². The molecule has 0 amide bonds. The van der Waals surface area contributed by atoms with Gasteiger partial charge in [-0.1, -0.05) is 20.8 Å². The Morgan fingerprint density at radius 3 is 2.20 bits per heavy atom. The first-order valence-corrected chi connectivity index (χ1v) is 4.51. The molecule has 2 heteroatoms. The summed E-state index contributed by atoms with van der Waals surface area (Å²) in [6.45, 7) is 8.92. The first kappa shape index (κ1) is 10.3. The summed E-state index contributed by atoms with van der Waals surface area (Å²) >= 11 is 4.10. The number of thiol groups is 1. The first-order valence-electron chi connectivity index (χ1n) is 3.88. The molecule has 0 spiro atoms. The van der Waals surface area contributed by atoms with E-state index in [0.29, 0.717) is 5.41 Å². The highest BCUT2D eigenvalue weighted by Gasteiger charge is 2.07. The van der Waals surface area contributed by atoms with Gasteiger partial charge < -0.3 is 5.32 Å². The van der Waals surface area contributed by atoms with Gasteiger partial charge in [-0.25, -0.2) is 0 Å². The third-order valence-corrected chi connectivity index (χ3v) is 1.56. The monoisotopic (exact) mass is 161 g/mol. The van der Waals surface area contributed by atoms with E-state index in [1.54, 1.807) is 0 Å². The zero-order chi connectivity index (χ0) is 8.04. The SMILES string of the molecule is CC(C)(C)CCNCCS. The minimum Gasteiger partial charge on any atom is -0.316 e. The van der Waals surface area contributed by atoms with Crippen LogP contribution in [-0.4, -0.2) is 18.8 Å². The summed E-state index contributed by atoms with van der Waals surface area (Å²) < 4.78 is 0. The third-order valence-electron chi connectivity index (χ3n) is 1.34. The normalized spacial score (nSPS) is 12.0. The molecule has 0 aliphatic carbocycles. The number of nitrogens with one attached hydrogen (secondary N) is 1. The van der Waals surface area contributed by atoms with Gasteiger partial charge in [0.1, 0.15) is 0 Å². The van der Waals surface area contributed by atoms with E-state index >= 15 is 0 Å². The van der Waals surface area contributed by atoms with Gasteiger partial charge in [-0.05, 0) is 18.4 Å². The van der Waals surface area contributed by atoms with Crippen molar-refractivity contribution in [1.29, 1.82) is 0 Å². The molecule has 1 N–H and O–H groups in total. The smallest absolute Gasteiger partial charge is 0.00397 e. The van der Waals surface area contributed by atoms with Crippen LogP contribution in [0.3, 0.4) is 0 Å². The Balaban J connectivity index is 3.04. The Bertz CT molecular complexity index is 75.8. The molecule has 0 fully saturated rings. The van der Waals surface area contributed by atoms with Crippen molar-refractivity contribution in [2.45, 2.75) is 27.2 Å². The van der Waals surface area contributed by atoms with Gasteiger partial charge in [0.25, 0.3) is 0 Å². The van der Waals surface area contributed by atoms with Crippen LogP contribution < -0.4 is 5.32 Å². The molecule has 0 aromatic rings. The maximum atomic E-state index is 4.10. The van der Waals surface area contributed by atoms with Gasteiger partial charge in [-0.3, -0.25) is 0 Å². The van der Waals surface area contributed by atoms with Gasteiger partial charge >= 0.3 is 0 Å². The summed E-state index contributed by atoms with van der Waals surface area (Å²) in [6.07, 6.45) is 1.24. The van der Waals surface area contributed by atoms with E-state index in [-0.39, 0.29) is 0 Å². The molecule has 0 aliphatic rings. The Kier molecular flexibility index (Phi) is 5.18. The fraction of sp³-hybridized carbons (Fsp3) is 1.00. The van der Waals surface area contributed by atoms with Crippen molar-refractivity contribution in [2.75, 3.05) is 18.8 Å². The highest BCUT2D eigenvalue weighted by Crippen LogP contribution is 2.16. The minimum atomic E-state index is 0.462. The molecule has 0 saturated heterocycles.